The Bertz CT molecular complexity index is 580. The molecule has 0 bridgehead atoms. The zero-order chi connectivity index (χ0) is 13.1. The summed E-state index contributed by atoms with van der Waals surface area (Å²) in [6, 6.07) is 5.05. The number of nitrogen functional groups attached to an aromatic ring is 1. The van der Waals surface area contributed by atoms with Gasteiger partial charge in [-0.1, -0.05) is 11.6 Å². The average molecular weight is 266 g/mol. The van der Waals surface area contributed by atoms with E-state index >= 15 is 0 Å². The highest BCUT2D eigenvalue weighted by Crippen LogP contribution is 2.21. The van der Waals surface area contributed by atoms with Gasteiger partial charge < -0.3 is 10.5 Å². The Morgan fingerprint density at radius 2 is 2.33 bits per heavy atom. The van der Waals surface area contributed by atoms with Crippen LogP contribution in [0.2, 0.25) is 5.02 Å². The van der Waals surface area contributed by atoms with E-state index in [1.807, 2.05) is 0 Å². The number of ether oxygens (including phenoxy) is 1. The minimum atomic E-state index is -0.413. The predicted octanol–water partition coefficient (Wildman–Crippen LogP) is 2.28. The molecule has 6 heteroatoms. The number of nitrogens with zero attached hydrogens (tertiary/aromatic N) is 2. The van der Waals surface area contributed by atoms with Gasteiger partial charge in [-0.05, 0) is 25.1 Å². The lowest BCUT2D eigenvalue weighted by atomic mass is 10.2. The summed E-state index contributed by atoms with van der Waals surface area (Å²) in [5.41, 5.74) is 7.35. The number of benzene rings is 1. The Morgan fingerprint density at radius 1 is 1.56 bits per heavy atom. The average Bonchev–Trinajstić information content (AvgIpc) is 2.82. The van der Waals surface area contributed by atoms with Gasteiger partial charge in [0.15, 0.2) is 0 Å². The fourth-order valence-corrected chi connectivity index (χ4v) is 1.66. The number of hydrogen-bond acceptors (Lipinski definition) is 4. The summed E-state index contributed by atoms with van der Waals surface area (Å²) in [7, 11) is 0. The zero-order valence-electron chi connectivity index (χ0n) is 9.76. The SMILES string of the molecule is CCOC(=O)c1cnn(-c2cc(Cl)ccc2N)c1. The minimum absolute atomic E-state index is 0.323. The quantitative estimate of drug-likeness (QED) is 0.683. The molecule has 0 radical (unpaired) electrons. The summed E-state index contributed by atoms with van der Waals surface area (Å²) in [6.07, 6.45) is 2.98. The van der Waals surface area contributed by atoms with Gasteiger partial charge in [0.25, 0.3) is 0 Å². The molecule has 18 heavy (non-hydrogen) atoms. The Labute approximate surface area is 109 Å². The standard InChI is InChI=1S/C12H12ClN3O2/c1-2-18-12(17)8-6-15-16(7-8)11-5-9(13)3-4-10(11)14/h3-7H,2,14H2,1H3. The maximum absolute atomic E-state index is 11.5. The van der Waals surface area contributed by atoms with Gasteiger partial charge in [0.1, 0.15) is 0 Å². The van der Waals surface area contributed by atoms with E-state index in [2.05, 4.69) is 5.10 Å². The second-order valence-corrected chi connectivity index (χ2v) is 4.03. The molecule has 0 unspecified atom stereocenters. The van der Waals surface area contributed by atoms with Crippen LogP contribution in [0.1, 0.15) is 17.3 Å². The van der Waals surface area contributed by atoms with Crippen LogP contribution in [0.3, 0.4) is 0 Å². The highest BCUT2D eigenvalue weighted by atomic mass is 35.5. The molecule has 0 aliphatic rings. The van der Waals surface area contributed by atoms with E-state index in [4.69, 9.17) is 22.1 Å². The molecule has 0 spiro atoms. The third kappa shape index (κ3) is 2.46. The molecule has 0 fully saturated rings. The molecule has 94 valence electrons. The van der Waals surface area contributed by atoms with Crippen LogP contribution in [0, 0.1) is 0 Å². The van der Waals surface area contributed by atoms with Gasteiger partial charge in [-0.15, -0.1) is 0 Å². The number of hydrogen-bond donors (Lipinski definition) is 1. The summed E-state index contributed by atoms with van der Waals surface area (Å²) in [5, 5.41) is 4.62. The van der Waals surface area contributed by atoms with Crippen LogP contribution in [0.15, 0.2) is 30.6 Å². The number of esters is 1. The smallest absolute Gasteiger partial charge is 0.341 e. The number of carbonyl (C=O) groups is 1. The topological polar surface area (TPSA) is 70.1 Å². The van der Waals surface area contributed by atoms with Gasteiger partial charge in [0.2, 0.25) is 0 Å². The van der Waals surface area contributed by atoms with Crippen molar-refractivity contribution in [2.24, 2.45) is 0 Å². The number of carbonyl (C=O) groups excluding carboxylic acids is 1. The fraction of sp³-hybridized carbons (Fsp3) is 0.167. The maximum Gasteiger partial charge on any atom is 0.341 e. The summed E-state index contributed by atoms with van der Waals surface area (Å²) >= 11 is 5.90. The lowest BCUT2D eigenvalue weighted by Crippen LogP contribution is -2.03. The first-order valence-electron chi connectivity index (χ1n) is 5.39. The normalized spacial score (nSPS) is 10.3. The van der Waals surface area contributed by atoms with E-state index in [0.29, 0.717) is 28.6 Å². The molecule has 2 N–H and O–H groups in total. The van der Waals surface area contributed by atoms with E-state index in [-0.39, 0.29) is 0 Å². The number of rotatable bonds is 3. The van der Waals surface area contributed by atoms with Crippen LogP contribution in [-0.4, -0.2) is 22.4 Å². The van der Waals surface area contributed by atoms with Crippen LogP contribution in [0.5, 0.6) is 0 Å². The van der Waals surface area contributed by atoms with Crippen LogP contribution >= 0.6 is 11.6 Å². The molecule has 5 nitrogen and oxygen atoms in total. The van der Waals surface area contributed by atoms with Crippen LogP contribution < -0.4 is 5.73 Å². The van der Waals surface area contributed by atoms with Gasteiger partial charge in [0, 0.05) is 11.2 Å². The monoisotopic (exact) mass is 265 g/mol. The van der Waals surface area contributed by atoms with Crippen molar-refractivity contribution < 1.29 is 9.53 Å². The van der Waals surface area contributed by atoms with E-state index in [9.17, 15) is 4.79 Å². The molecule has 2 rings (SSSR count). The molecule has 0 saturated carbocycles. The van der Waals surface area contributed by atoms with Crippen molar-refractivity contribution in [3.05, 3.63) is 41.2 Å². The van der Waals surface area contributed by atoms with Gasteiger partial charge in [-0.3, -0.25) is 0 Å². The summed E-state index contributed by atoms with van der Waals surface area (Å²) in [4.78, 5) is 11.5. The second kappa shape index (κ2) is 5.10. The summed E-state index contributed by atoms with van der Waals surface area (Å²) in [6.45, 7) is 2.07. The fourth-order valence-electron chi connectivity index (χ4n) is 1.49. The molecule has 1 heterocycles. The van der Waals surface area contributed by atoms with Crippen molar-refractivity contribution in [1.29, 1.82) is 0 Å². The van der Waals surface area contributed by atoms with Crippen LogP contribution in [-0.2, 0) is 4.74 Å². The van der Waals surface area contributed by atoms with Crippen molar-refractivity contribution in [2.45, 2.75) is 6.92 Å². The molecule has 1 aromatic heterocycles. The van der Waals surface area contributed by atoms with Crippen molar-refractivity contribution in [3.8, 4) is 5.69 Å². The van der Waals surface area contributed by atoms with Gasteiger partial charge >= 0.3 is 5.97 Å². The Balaban J connectivity index is 2.35. The van der Waals surface area contributed by atoms with E-state index in [1.165, 1.54) is 10.9 Å². The van der Waals surface area contributed by atoms with Crippen LogP contribution in [0.25, 0.3) is 5.69 Å². The number of aromatic nitrogens is 2. The van der Waals surface area contributed by atoms with E-state index < -0.39 is 5.97 Å². The number of halogens is 1. The molecule has 1 aromatic carbocycles. The Kier molecular flexibility index (Phi) is 3.53. The third-order valence-electron chi connectivity index (χ3n) is 2.33. The van der Waals surface area contributed by atoms with Crippen LogP contribution in [0.4, 0.5) is 5.69 Å². The number of anilines is 1. The maximum atomic E-state index is 11.5. The van der Waals surface area contributed by atoms with E-state index in [1.54, 1.807) is 31.3 Å². The van der Waals surface area contributed by atoms with Crippen molar-refractivity contribution in [2.75, 3.05) is 12.3 Å². The molecule has 0 aliphatic heterocycles. The Hall–Kier alpha value is -2.01. The van der Waals surface area contributed by atoms with Crippen molar-refractivity contribution >= 4 is 23.3 Å². The lowest BCUT2D eigenvalue weighted by Gasteiger charge is -2.05. The minimum Gasteiger partial charge on any atom is -0.462 e. The van der Waals surface area contributed by atoms with E-state index in [0.717, 1.165) is 0 Å². The molecular weight excluding hydrogens is 254 g/mol. The van der Waals surface area contributed by atoms with Crippen molar-refractivity contribution in [1.82, 2.24) is 9.78 Å². The highest BCUT2D eigenvalue weighted by Gasteiger charge is 2.11. The Morgan fingerprint density at radius 3 is 3.06 bits per heavy atom. The molecular formula is C12H12ClN3O2. The number of nitrogens with two attached hydrogens (primary N) is 1. The first-order valence-corrected chi connectivity index (χ1v) is 5.77. The summed E-state index contributed by atoms with van der Waals surface area (Å²) < 4.78 is 6.38. The molecule has 0 amide bonds. The molecule has 0 saturated heterocycles. The first kappa shape index (κ1) is 12.4. The third-order valence-corrected chi connectivity index (χ3v) is 2.57. The lowest BCUT2D eigenvalue weighted by molar-refractivity contribution is 0.0526. The molecule has 2 aromatic rings. The predicted molar refractivity (Wildman–Crippen MR) is 68.9 cm³/mol. The van der Waals surface area contributed by atoms with Gasteiger partial charge in [0.05, 0.1) is 29.7 Å². The second-order valence-electron chi connectivity index (χ2n) is 3.60. The van der Waals surface area contributed by atoms with Gasteiger partial charge in [-0.2, -0.15) is 5.10 Å². The zero-order valence-corrected chi connectivity index (χ0v) is 10.5. The van der Waals surface area contributed by atoms with Crippen molar-refractivity contribution in [3.63, 3.8) is 0 Å². The summed E-state index contributed by atoms with van der Waals surface area (Å²) in [5.74, 6) is -0.413. The first-order chi connectivity index (χ1) is 8.61. The van der Waals surface area contributed by atoms with Gasteiger partial charge in [-0.25, -0.2) is 9.48 Å². The highest BCUT2D eigenvalue weighted by molar-refractivity contribution is 6.30. The largest absolute Gasteiger partial charge is 0.462 e. The molecule has 0 aliphatic carbocycles. The molecule has 0 atom stereocenters.